The van der Waals surface area contributed by atoms with E-state index in [1.54, 1.807) is 18.2 Å². The van der Waals surface area contributed by atoms with Gasteiger partial charge in [0.25, 0.3) is 5.91 Å². The zero-order valence-electron chi connectivity index (χ0n) is 10.7. The number of hydrogen-bond donors (Lipinski definition) is 2. The van der Waals surface area contributed by atoms with Crippen LogP contribution in [0.25, 0.3) is 0 Å². The highest BCUT2D eigenvalue weighted by molar-refractivity contribution is 5.92. The van der Waals surface area contributed by atoms with Gasteiger partial charge in [-0.3, -0.25) is 4.79 Å². The van der Waals surface area contributed by atoms with E-state index in [4.69, 9.17) is 5.73 Å². The standard InChI is InChI=1S/C11H18N4O.2ClH/c1-8(15(2)3)7-13-11(16)9-5-4-6-10(12)14-9;;/h4-6,8H,7H2,1-3H3,(H2,12,14)(H,13,16);2*1H. The minimum atomic E-state index is -0.194. The van der Waals surface area contributed by atoms with Crippen molar-refractivity contribution >= 4 is 36.5 Å². The van der Waals surface area contributed by atoms with Crippen molar-refractivity contribution in [2.24, 2.45) is 0 Å². The summed E-state index contributed by atoms with van der Waals surface area (Å²) in [5.41, 5.74) is 5.85. The molecule has 1 aromatic rings. The van der Waals surface area contributed by atoms with Crippen LogP contribution in [0.4, 0.5) is 5.82 Å². The van der Waals surface area contributed by atoms with Gasteiger partial charge in [0.1, 0.15) is 11.5 Å². The fourth-order valence-corrected chi connectivity index (χ4v) is 1.09. The number of nitrogens with one attached hydrogen (secondary N) is 1. The molecule has 1 rings (SSSR count). The largest absolute Gasteiger partial charge is 0.384 e. The minimum Gasteiger partial charge on any atom is -0.384 e. The highest BCUT2D eigenvalue weighted by Crippen LogP contribution is 2.00. The fraction of sp³-hybridized carbons (Fsp3) is 0.455. The molecule has 3 N–H and O–H groups in total. The zero-order chi connectivity index (χ0) is 12.1. The first-order valence-corrected chi connectivity index (χ1v) is 5.18. The molecule has 1 atom stereocenters. The summed E-state index contributed by atoms with van der Waals surface area (Å²) in [4.78, 5) is 17.7. The SMILES string of the molecule is CC(CNC(=O)c1cccc(N)n1)N(C)C.Cl.Cl. The van der Waals surface area contributed by atoms with E-state index < -0.39 is 0 Å². The Hall–Kier alpha value is -1.04. The van der Waals surface area contributed by atoms with Gasteiger partial charge in [0.2, 0.25) is 0 Å². The predicted octanol–water partition coefficient (Wildman–Crippen LogP) is 1.19. The molecule has 0 saturated heterocycles. The minimum absolute atomic E-state index is 0. The van der Waals surface area contributed by atoms with Gasteiger partial charge in [-0.25, -0.2) is 4.98 Å². The molecule has 0 aliphatic heterocycles. The van der Waals surface area contributed by atoms with Crippen molar-refractivity contribution in [1.29, 1.82) is 0 Å². The maximum atomic E-state index is 11.7. The number of amides is 1. The molecule has 18 heavy (non-hydrogen) atoms. The highest BCUT2D eigenvalue weighted by Gasteiger charge is 2.10. The number of likely N-dealkylation sites (N-methyl/N-ethyl adjacent to an activating group) is 1. The van der Waals surface area contributed by atoms with Crippen LogP contribution >= 0.6 is 24.8 Å². The number of carbonyl (C=O) groups excluding carboxylic acids is 1. The van der Waals surface area contributed by atoms with Crippen molar-refractivity contribution in [3.8, 4) is 0 Å². The summed E-state index contributed by atoms with van der Waals surface area (Å²) in [7, 11) is 3.94. The van der Waals surface area contributed by atoms with Crippen LogP contribution in [0.5, 0.6) is 0 Å². The third-order valence-corrected chi connectivity index (χ3v) is 2.44. The molecule has 0 fully saturated rings. The van der Waals surface area contributed by atoms with Crippen LogP contribution in [-0.2, 0) is 0 Å². The average molecular weight is 295 g/mol. The molecule has 0 aliphatic rings. The Balaban J connectivity index is 0. The van der Waals surface area contributed by atoms with E-state index in [1.165, 1.54) is 0 Å². The summed E-state index contributed by atoms with van der Waals surface area (Å²) < 4.78 is 0. The second kappa shape index (κ2) is 8.97. The average Bonchev–Trinajstić information content (AvgIpc) is 2.25. The molecule has 0 bridgehead atoms. The number of aromatic nitrogens is 1. The predicted molar refractivity (Wildman–Crippen MR) is 78.6 cm³/mol. The number of carbonyl (C=O) groups is 1. The Morgan fingerprint density at radius 2 is 2.06 bits per heavy atom. The second-order valence-corrected chi connectivity index (χ2v) is 3.97. The monoisotopic (exact) mass is 294 g/mol. The van der Waals surface area contributed by atoms with Crippen LogP contribution in [0.15, 0.2) is 18.2 Å². The summed E-state index contributed by atoms with van der Waals surface area (Å²) in [6.45, 7) is 2.62. The van der Waals surface area contributed by atoms with Gasteiger partial charge in [-0.05, 0) is 33.2 Å². The molecular formula is C11H20Cl2N4O. The van der Waals surface area contributed by atoms with E-state index in [-0.39, 0.29) is 36.8 Å². The molecule has 0 aromatic carbocycles. The van der Waals surface area contributed by atoms with Crippen molar-refractivity contribution < 1.29 is 4.79 Å². The molecule has 1 heterocycles. The third kappa shape index (κ3) is 6.05. The Morgan fingerprint density at radius 1 is 1.44 bits per heavy atom. The van der Waals surface area contributed by atoms with Crippen LogP contribution in [0, 0.1) is 0 Å². The quantitative estimate of drug-likeness (QED) is 0.875. The molecule has 0 aliphatic carbocycles. The number of rotatable bonds is 4. The van der Waals surface area contributed by atoms with Crippen molar-refractivity contribution in [1.82, 2.24) is 15.2 Å². The highest BCUT2D eigenvalue weighted by atomic mass is 35.5. The van der Waals surface area contributed by atoms with Crippen LogP contribution in [0.1, 0.15) is 17.4 Å². The molecule has 1 unspecified atom stereocenters. The van der Waals surface area contributed by atoms with Crippen LogP contribution in [-0.4, -0.2) is 42.5 Å². The van der Waals surface area contributed by atoms with Gasteiger partial charge in [0.05, 0.1) is 0 Å². The number of nitrogens with zero attached hydrogens (tertiary/aromatic N) is 2. The van der Waals surface area contributed by atoms with E-state index >= 15 is 0 Å². The molecule has 0 saturated carbocycles. The van der Waals surface area contributed by atoms with Crippen LogP contribution in [0.2, 0.25) is 0 Å². The molecule has 0 spiro atoms. The van der Waals surface area contributed by atoms with E-state index in [2.05, 4.69) is 10.3 Å². The summed E-state index contributed by atoms with van der Waals surface area (Å²) in [5.74, 6) is 0.161. The number of halogens is 2. The maximum absolute atomic E-state index is 11.7. The summed E-state index contributed by atoms with van der Waals surface area (Å²) in [6, 6.07) is 5.29. The van der Waals surface area contributed by atoms with Crippen molar-refractivity contribution in [3.05, 3.63) is 23.9 Å². The van der Waals surface area contributed by atoms with Crippen LogP contribution < -0.4 is 11.1 Å². The molecule has 104 valence electrons. The van der Waals surface area contributed by atoms with Crippen LogP contribution in [0.3, 0.4) is 0 Å². The molecule has 1 aromatic heterocycles. The summed E-state index contributed by atoms with van der Waals surface area (Å²) in [5, 5.41) is 2.81. The van der Waals surface area contributed by atoms with Gasteiger partial charge in [-0.1, -0.05) is 6.07 Å². The topological polar surface area (TPSA) is 71.2 Å². The number of pyridine rings is 1. The molecule has 0 radical (unpaired) electrons. The Bertz CT molecular complexity index is 374. The maximum Gasteiger partial charge on any atom is 0.270 e. The fourth-order valence-electron chi connectivity index (χ4n) is 1.09. The number of nitrogens with two attached hydrogens (primary N) is 1. The lowest BCUT2D eigenvalue weighted by atomic mass is 10.3. The number of nitrogen functional groups attached to an aromatic ring is 1. The molecular weight excluding hydrogens is 275 g/mol. The first-order valence-electron chi connectivity index (χ1n) is 5.18. The normalized spacial score (nSPS) is 11.1. The first-order chi connectivity index (χ1) is 7.50. The van der Waals surface area contributed by atoms with Crippen molar-refractivity contribution in [2.75, 3.05) is 26.4 Å². The number of hydrogen-bond acceptors (Lipinski definition) is 4. The number of anilines is 1. The van der Waals surface area contributed by atoms with Crippen molar-refractivity contribution in [3.63, 3.8) is 0 Å². The van der Waals surface area contributed by atoms with E-state index in [9.17, 15) is 4.79 Å². The van der Waals surface area contributed by atoms with Gasteiger partial charge < -0.3 is 16.0 Å². The lowest BCUT2D eigenvalue weighted by molar-refractivity contribution is 0.0939. The Kier molecular flexibility index (Phi) is 9.61. The molecule has 1 amide bonds. The van der Waals surface area contributed by atoms with E-state index in [1.807, 2.05) is 25.9 Å². The first kappa shape index (κ1) is 19.3. The van der Waals surface area contributed by atoms with Gasteiger partial charge in [0, 0.05) is 12.6 Å². The van der Waals surface area contributed by atoms with E-state index in [0.29, 0.717) is 18.1 Å². The van der Waals surface area contributed by atoms with Gasteiger partial charge in [0.15, 0.2) is 0 Å². The smallest absolute Gasteiger partial charge is 0.270 e. The Morgan fingerprint density at radius 3 is 2.56 bits per heavy atom. The van der Waals surface area contributed by atoms with Crippen molar-refractivity contribution in [2.45, 2.75) is 13.0 Å². The van der Waals surface area contributed by atoms with E-state index in [0.717, 1.165) is 0 Å². The lowest BCUT2D eigenvalue weighted by Crippen LogP contribution is -2.38. The molecule has 5 nitrogen and oxygen atoms in total. The molecule has 7 heteroatoms. The third-order valence-electron chi connectivity index (χ3n) is 2.44. The van der Waals surface area contributed by atoms with Gasteiger partial charge in [-0.2, -0.15) is 0 Å². The lowest BCUT2D eigenvalue weighted by Gasteiger charge is -2.19. The van der Waals surface area contributed by atoms with Gasteiger partial charge in [-0.15, -0.1) is 24.8 Å². The second-order valence-electron chi connectivity index (χ2n) is 3.97. The Labute approximate surface area is 120 Å². The summed E-state index contributed by atoms with van der Waals surface area (Å²) in [6.07, 6.45) is 0. The van der Waals surface area contributed by atoms with Gasteiger partial charge >= 0.3 is 0 Å². The summed E-state index contributed by atoms with van der Waals surface area (Å²) >= 11 is 0. The zero-order valence-corrected chi connectivity index (χ0v) is 12.3.